The number of carbonyl (C=O) groups is 2. The summed E-state index contributed by atoms with van der Waals surface area (Å²) >= 11 is 0. The van der Waals surface area contributed by atoms with E-state index < -0.39 is 24.8 Å². The maximum Gasteiger partial charge on any atom is 0.248 e. The Morgan fingerprint density at radius 2 is 2.08 bits per heavy atom. The van der Waals surface area contributed by atoms with Crippen LogP contribution in [0, 0.1) is 11.3 Å². The molecular weight excluding hydrogens is 491 g/mol. The number of aliphatic hydroxyl groups excluding tert-OH is 1. The van der Waals surface area contributed by atoms with Crippen LogP contribution in [-0.4, -0.2) is 69.1 Å². The largest absolute Gasteiger partial charge is 0.486 e. The van der Waals surface area contributed by atoms with Crippen LogP contribution in [0.1, 0.15) is 36.3 Å². The molecule has 1 saturated heterocycles. The van der Waals surface area contributed by atoms with Crippen molar-refractivity contribution in [2.24, 2.45) is 7.05 Å². The lowest BCUT2D eigenvalue weighted by molar-refractivity contribution is -0.138. The maximum atomic E-state index is 14.5. The van der Waals surface area contributed by atoms with Crippen molar-refractivity contribution in [2.75, 3.05) is 25.0 Å². The standard InChI is InChI=1S/C20H19FN4O4.C7H10N2/c21-16-10-25(20(28)11-26)6-4-18(16)29-17-2-1-13(7-15(17)9-22)14-3-5-23-19(8-14)24-12-27;1-9-5-7(4-8-9)6-2-3-6/h1-3,5,7-8,12,16,18,26H,4,6,10-11H2,(H,23,24,27);4-6H,2-3H2,1H3. The number of aliphatic hydroxyl groups is 1. The Labute approximate surface area is 219 Å². The molecule has 0 radical (unpaired) electrons. The van der Waals surface area contributed by atoms with E-state index in [1.807, 2.05) is 17.9 Å². The molecule has 2 amide bonds. The fourth-order valence-corrected chi connectivity index (χ4v) is 4.22. The zero-order valence-electron chi connectivity index (χ0n) is 21.0. The smallest absolute Gasteiger partial charge is 0.248 e. The van der Waals surface area contributed by atoms with Crippen LogP contribution in [0.25, 0.3) is 11.1 Å². The van der Waals surface area contributed by atoms with Gasteiger partial charge in [-0.2, -0.15) is 10.4 Å². The Bertz CT molecular complexity index is 1320. The number of ether oxygens (including phenoxy) is 1. The van der Waals surface area contributed by atoms with Crippen molar-refractivity contribution in [1.29, 1.82) is 5.26 Å². The van der Waals surface area contributed by atoms with E-state index in [1.165, 1.54) is 29.5 Å². The molecule has 0 bridgehead atoms. The molecule has 2 atom stereocenters. The van der Waals surface area contributed by atoms with Gasteiger partial charge in [0.05, 0.1) is 18.3 Å². The van der Waals surface area contributed by atoms with Gasteiger partial charge in [0.1, 0.15) is 30.3 Å². The van der Waals surface area contributed by atoms with Crippen LogP contribution in [0.5, 0.6) is 5.75 Å². The first-order valence-electron chi connectivity index (χ1n) is 12.3. The number of benzene rings is 1. The summed E-state index contributed by atoms with van der Waals surface area (Å²) in [6.07, 6.45) is 6.91. The van der Waals surface area contributed by atoms with Gasteiger partial charge in [-0.25, -0.2) is 9.37 Å². The van der Waals surface area contributed by atoms with Gasteiger partial charge in [-0.05, 0) is 59.7 Å². The number of aromatic nitrogens is 3. The first-order chi connectivity index (χ1) is 18.4. The van der Waals surface area contributed by atoms with E-state index in [2.05, 4.69) is 27.7 Å². The normalized spacial score (nSPS) is 18.5. The van der Waals surface area contributed by atoms with Gasteiger partial charge in [0.2, 0.25) is 12.3 Å². The molecule has 2 fully saturated rings. The second kappa shape index (κ2) is 12.3. The summed E-state index contributed by atoms with van der Waals surface area (Å²) in [5, 5.41) is 25.0. The number of amides is 2. The minimum Gasteiger partial charge on any atom is -0.486 e. The molecule has 0 spiro atoms. The van der Waals surface area contributed by atoms with Gasteiger partial charge in [-0.15, -0.1) is 0 Å². The number of hydrogen-bond donors (Lipinski definition) is 2. The Hall–Kier alpha value is -4.30. The zero-order chi connectivity index (χ0) is 27.1. The van der Waals surface area contributed by atoms with Crippen LogP contribution in [0.2, 0.25) is 0 Å². The Morgan fingerprint density at radius 3 is 2.71 bits per heavy atom. The molecule has 10 nitrogen and oxygen atoms in total. The fraction of sp³-hybridized carbons (Fsp3) is 0.370. The summed E-state index contributed by atoms with van der Waals surface area (Å²) in [6.45, 7) is -0.543. The molecule has 1 aliphatic carbocycles. The van der Waals surface area contributed by atoms with Gasteiger partial charge in [0, 0.05) is 32.4 Å². The number of nitriles is 1. The second-order valence-corrected chi connectivity index (χ2v) is 9.20. The molecule has 11 heteroatoms. The third kappa shape index (κ3) is 6.72. The molecule has 2 unspecified atom stereocenters. The predicted octanol–water partition coefficient (Wildman–Crippen LogP) is 2.80. The molecule has 1 aliphatic heterocycles. The predicted molar refractivity (Wildman–Crippen MR) is 137 cm³/mol. The van der Waals surface area contributed by atoms with Crippen LogP contribution in [0.4, 0.5) is 10.2 Å². The summed E-state index contributed by atoms with van der Waals surface area (Å²) < 4.78 is 22.1. The van der Waals surface area contributed by atoms with E-state index in [0.29, 0.717) is 17.8 Å². The average Bonchev–Trinajstić information content (AvgIpc) is 3.70. The van der Waals surface area contributed by atoms with E-state index in [-0.39, 0.29) is 30.8 Å². The molecule has 2 aromatic heterocycles. The van der Waals surface area contributed by atoms with E-state index >= 15 is 0 Å². The molecule has 2 aliphatic rings. The Morgan fingerprint density at radius 1 is 1.29 bits per heavy atom. The molecule has 198 valence electrons. The molecule has 5 rings (SSSR count). The number of likely N-dealkylation sites (tertiary alicyclic amines) is 1. The lowest BCUT2D eigenvalue weighted by Crippen LogP contribution is -2.50. The first kappa shape index (κ1) is 26.8. The number of pyridine rings is 1. The highest BCUT2D eigenvalue weighted by Gasteiger charge is 2.33. The van der Waals surface area contributed by atoms with Gasteiger partial charge in [0.25, 0.3) is 0 Å². The van der Waals surface area contributed by atoms with Gasteiger partial charge < -0.3 is 20.1 Å². The number of alkyl halides is 1. The SMILES string of the molecule is Cn1cc(C2CC2)cn1.N#Cc1cc(-c2ccnc(NC=O)c2)ccc1OC1CCN(C(=O)CO)CC1F. The monoisotopic (exact) mass is 520 g/mol. The van der Waals surface area contributed by atoms with E-state index in [9.17, 15) is 19.2 Å². The third-order valence-corrected chi connectivity index (χ3v) is 6.42. The summed E-state index contributed by atoms with van der Waals surface area (Å²) in [5.41, 5.74) is 3.11. The van der Waals surface area contributed by atoms with E-state index in [4.69, 9.17) is 9.84 Å². The number of nitrogens with one attached hydrogen (secondary N) is 1. The number of nitrogens with zero attached hydrogens (tertiary/aromatic N) is 5. The van der Waals surface area contributed by atoms with Crippen molar-refractivity contribution in [1.82, 2.24) is 19.7 Å². The summed E-state index contributed by atoms with van der Waals surface area (Å²) in [6, 6.07) is 10.4. The molecule has 3 heterocycles. The number of anilines is 1. The Balaban J connectivity index is 0.000000311. The fourth-order valence-electron chi connectivity index (χ4n) is 4.22. The minimum atomic E-state index is -1.43. The molecule has 38 heavy (non-hydrogen) atoms. The zero-order valence-corrected chi connectivity index (χ0v) is 21.0. The highest BCUT2D eigenvalue weighted by atomic mass is 19.1. The Kier molecular flexibility index (Phi) is 8.66. The third-order valence-electron chi connectivity index (χ3n) is 6.42. The number of halogens is 1. The highest BCUT2D eigenvalue weighted by molar-refractivity contribution is 5.77. The van der Waals surface area contributed by atoms with Crippen LogP contribution >= 0.6 is 0 Å². The minimum absolute atomic E-state index is 0.159. The summed E-state index contributed by atoms with van der Waals surface area (Å²) in [4.78, 5) is 27.4. The highest BCUT2D eigenvalue weighted by Crippen LogP contribution is 2.39. The lowest BCUT2D eigenvalue weighted by Gasteiger charge is -2.34. The summed E-state index contributed by atoms with van der Waals surface area (Å²) in [7, 11) is 1.96. The number of hydrogen-bond acceptors (Lipinski definition) is 7. The van der Waals surface area contributed by atoms with Gasteiger partial charge >= 0.3 is 0 Å². The number of carbonyl (C=O) groups excluding carboxylic acids is 2. The van der Waals surface area contributed by atoms with E-state index in [0.717, 1.165) is 11.5 Å². The van der Waals surface area contributed by atoms with Crippen LogP contribution in [-0.2, 0) is 16.6 Å². The average molecular weight is 521 g/mol. The lowest BCUT2D eigenvalue weighted by atomic mass is 10.0. The van der Waals surface area contributed by atoms with Crippen molar-refractivity contribution in [3.05, 3.63) is 60.0 Å². The maximum absolute atomic E-state index is 14.5. The molecular formula is C27H29FN6O4. The summed E-state index contributed by atoms with van der Waals surface area (Å²) in [5.74, 6) is 0.958. The van der Waals surface area contributed by atoms with Crippen molar-refractivity contribution in [3.63, 3.8) is 0 Å². The quantitative estimate of drug-likeness (QED) is 0.458. The second-order valence-electron chi connectivity index (χ2n) is 9.20. The van der Waals surface area contributed by atoms with E-state index in [1.54, 1.807) is 30.3 Å². The van der Waals surface area contributed by atoms with Crippen molar-refractivity contribution >= 4 is 18.1 Å². The molecule has 1 aromatic carbocycles. The van der Waals surface area contributed by atoms with Crippen LogP contribution in [0.3, 0.4) is 0 Å². The first-order valence-corrected chi connectivity index (χ1v) is 12.3. The number of piperidine rings is 1. The topological polar surface area (TPSA) is 133 Å². The van der Waals surface area contributed by atoms with Gasteiger partial charge in [-0.3, -0.25) is 14.3 Å². The molecule has 2 N–H and O–H groups in total. The van der Waals surface area contributed by atoms with Crippen LogP contribution < -0.4 is 10.1 Å². The van der Waals surface area contributed by atoms with Gasteiger partial charge in [-0.1, -0.05) is 6.07 Å². The number of aryl methyl sites for hydroxylation is 1. The van der Waals surface area contributed by atoms with Crippen molar-refractivity contribution in [2.45, 2.75) is 37.5 Å². The van der Waals surface area contributed by atoms with Crippen molar-refractivity contribution in [3.8, 4) is 22.9 Å². The number of rotatable bonds is 7. The van der Waals surface area contributed by atoms with Crippen molar-refractivity contribution < 1.29 is 23.8 Å². The van der Waals surface area contributed by atoms with Crippen LogP contribution in [0.15, 0.2) is 48.9 Å². The molecule has 1 saturated carbocycles. The molecule has 3 aromatic rings. The van der Waals surface area contributed by atoms with Gasteiger partial charge in [0.15, 0.2) is 6.17 Å².